The molecule has 0 spiro atoms. The summed E-state index contributed by atoms with van der Waals surface area (Å²) in [6, 6.07) is 17.3. The van der Waals surface area contributed by atoms with E-state index in [1.807, 2.05) is 44.2 Å². The number of carbonyl (C=O) groups excluding carboxylic acids is 2. The predicted octanol–water partition coefficient (Wildman–Crippen LogP) is 15.7. The van der Waals surface area contributed by atoms with Crippen LogP contribution in [0.1, 0.15) is 148 Å². The van der Waals surface area contributed by atoms with Gasteiger partial charge < -0.3 is 32.2 Å². The van der Waals surface area contributed by atoms with Gasteiger partial charge in [0.1, 0.15) is 18.3 Å². The zero-order valence-electron chi connectivity index (χ0n) is 47.9. The molecule has 0 amide bonds. The molecular weight excluding hydrogens is 925 g/mol. The molecule has 1 aliphatic rings. The van der Waals surface area contributed by atoms with Crippen molar-refractivity contribution in [2.45, 2.75) is 228 Å². The van der Waals surface area contributed by atoms with Crippen LogP contribution in [0.25, 0.3) is 0 Å². The van der Waals surface area contributed by atoms with Crippen LogP contribution in [0, 0.1) is 29.6 Å². The lowest BCUT2D eigenvalue weighted by Gasteiger charge is -2.46. The van der Waals surface area contributed by atoms with Gasteiger partial charge in [0.2, 0.25) is 5.76 Å². The summed E-state index contributed by atoms with van der Waals surface area (Å²) >= 11 is 0. The van der Waals surface area contributed by atoms with Crippen LogP contribution < -0.4 is 0 Å². The van der Waals surface area contributed by atoms with Crippen molar-refractivity contribution in [2.75, 3.05) is 14.2 Å². The van der Waals surface area contributed by atoms with Gasteiger partial charge in [-0.1, -0.05) is 158 Å². The molecule has 9 nitrogen and oxygen atoms in total. The smallest absolute Gasteiger partial charge is 0.373 e. The molecule has 400 valence electrons. The third kappa shape index (κ3) is 17.0. The van der Waals surface area contributed by atoms with Gasteiger partial charge in [0.25, 0.3) is 0 Å². The fraction of sp³-hybridized carbons (Fsp3) is 0.724. The van der Waals surface area contributed by atoms with Crippen molar-refractivity contribution in [1.82, 2.24) is 0 Å². The Hall–Kier alpha value is -2.59. The van der Waals surface area contributed by atoms with Crippen molar-refractivity contribution in [3.63, 3.8) is 0 Å². The van der Waals surface area contributed by atoms with Crippen LogP contribution in [0.4, 0.5) is 0 Å². The zero-order chi connectivity index (χ0) is 53.0. The molecule has 12 heteroatoms. The molecule has 0 aromatic heterocycles. The lowest BCUT2D eigenvalue weighted by atomic mass is 9.79. The summed E-state index contributed by atoms with van der Waals surface area (Å²) in [5.41, 5.74) is 2.92. The molecule has 0 fully saturated rings. The van der Waals surface area contributed by atoms with E-state index in [0.29, 0.717) is 11.1 Å². The van der Waals surface area contributed by atoms with Crippen LogP contribution in [0.2, 0.25) is 53.9 Å². The molecule has 0 radical (unpaired) electrons. The monoisotopic (exact) mass is 1030 g/mol. The van der Waals surface area contributed by atoms with Gasteiger partial charge in [-0.25, -0.2) is 9.59 Å². The Balaban J connectivity index is 3.00. The van der Waals surface area contributed by atoms with E-state index < -0.39 is 61.3 Å². The molecule has 0 saturated heterocycles. The van der Waals surface area contributed by atoms with Gasteiger partial charge in [-0.3, -0.25) is 0 Å². The first kappa shape index (κ1) is 63.5. The summed E-state index contributed by atoms with van der Waals surface area (Å²) in [5.74, 6) is -1.19. The van der Waals surface area contributed by atoms with Gasteiger partial charge in [-0.15, -0.1) is 0 Å². The number of cyclic esters (lactones) is 1. The van der Waals surface area contributed by atoms with E-state index >= 15 is 0 Å². The molecule has 0 N–H and O–H groups in total. The van der Waals surface area contributed by atoms with Crippen LogP contribution in [0.5, 0.6) is 0 Å². The minimum Gasteiger partial charge on any atom is -0.490 e. The second kappa shape index (κ2) is 30.6. The zero-order valence-corrected chi connectivity index (χ0v) is 50.9. The van der Waals surface area contributed by atoms with Crippen LogP contribution in [0.3, 0.4) is 0 Å². The summed E-state index contributed by atoms with van der Waals surface area (Å²) in [4.78, 5) is 28.2. The van der Waals surface area contributed by atoms with Crippen molar-refractivity contribution in [3.05, 3.63) is 83.2 Å². The van der Waals surface area contributed by atoms with Crippen molar-refractivity contribution in [2.24, 2.45) is 29.6 Å². The average molecular weight is 1030 g/mol. The first-order valence-corrected chi connectivity index (χ1v) is 34.9. The molecule has 1 heterocycles. The Morgan fingerprint density at radius 2 is 1.31 bits per heavy atom. The lowest BCUT2D eigenvalue weighted by Crippen LogP contribution is -2.53. The predicted molar refractivity (Wildman–Crippen MR) is 300 cm³/mol. The van der Waals surface area contributed by atoms with Gasteiger partial charge in [0.05, 0.1) is 31.0 Å². The first-order chi connectivity index (χ1) is 33.1. The average Bonchev–Trinajstić information content (AvgIpc) is 3.36. The molecule has 1 aliphatic heterocycles. The molecule has 0 saturated carbocycles. The minimum atomic E-state index is -2.38. The SMILES string of the molecule is CCC1[C@@H](O[Si](CC)(CC)CC)[C@H](C)C/C(C)=C/C=C/[C@H](OC)C([C@@H](C)[C@H](O[Si](CC)(CC)C(C)C)[C@H](C)[C@@H](C)OC(=O)c2ccccc2)OC(=O)/C(OC)=C/C(C)=C/[C@@H](C)[C@H]1O[Si](CC)(CC)CC. The van der Waals surface area contributed by atoms with E-state index in [0.717, 1.165) is 66.8 Å². The Morgan fingerprint density at radius 3 is 1.79 bits per heavy atom. The maximum atomic E-state index is 14.7. The second-order valence-electron chi connectivity index (χ2n) is 21.1. The molecule has 0 bridgehead atoms. The Morgan fingerprint density at radius 1 is 0.771 bits per heavy atom. The van der Waals surface area contributed by atoms with Gasteiger partial charge in [0.15, 0.2) is 25.0 Å². The Labute approximate surface area is 431 Å². The van der Waals surface area contributed by atoms with Crippen molar-refractivity contribution < 1.29 is 41.8 Å². The standard InChI is InChI=1S/C58H102O9Si3/c1-21-50-53(65-68(22-2,23-3)24-4)44(14)38-42(12)34-33-37-51(61-19)56(64-58(60)52(62-20)40-43(13)39-45(15)54(50)66-69(25-5,26-6)27-7)47(17)55(67-70(28-8,29-9)41(10)11)46(16)48(18)63-57(59)49-35-31-30-32-36-49/h30-37,39-41,44-48,50-51,53-56H,21-29,38H2,1-20H3/b37-33+,42-34+,43-39+,52-40-/t44-,45-,46-,47+,48-,50?,51+,53+,54-,55-,56?/m1/s1. The number of methoxy groups -OCH3 is 2. The topological polar surface area (TPSA) is 98.8 Å². The largest absolute Gasteiger partial charge is 0.490 e. The number of esters is 2. The van der Waals surface area contributed by atoms with Crippen molar-refractivity contribution in [3.8, 4) is 0 Å². The summed E-state index contributed by atoms with van der Waals surface area (Å²) in [6.45, 7) is 40.2. The van der Waals surface area contributed by atoms with Gasteiger partial charge in [-0.2, -0.15) is 0 Å². The fourth-order valence-corrected chi connectivity index (χ4v) is 20.8. The van der Waals surface area contributed by atoms with Crippen LogP contribution in [0.15, 0.2) is 77.6 Å². The number of rotatable bonds is 24. The van der Waals surface area contributed by atoms with E-state index in [-0.39, 0.29) is 47.6 Å². The van der Waals surface area contributed by atoms with Crippen molar-refractivity contribution in [1.29, 1.82) is 0 Å². The maximum absolute atomic E-state index is 14.7. The second-order valence-corrected chi connectivity index (χ2v) is 35.4. The van der Waals surface area contributed by atoms with E-state index in [1.54, 1.807) is 19.2 Å². The fourth-order valence-electron chi connectivity index (χ4n) is 11.1. The third-order valence-corrected chi connectivity index (χ3v) is 31.2. The highest BCUT2D eigenvalue weighted by atomic mass is 28.4. The van der Waals surface area contributed by atoms with E-state index in [2.05, 4.69) is 129 Å². The lowest BCUT2D eigenvalue weighted by molar-refractivity contribution is -0.162. The van der Waals surface area contributed by atoms with Gasteiger partial charge in [-0.05, 0) is 118 Å². The molecule has 2 rings (SSSR count). The van der Waals surface area contributed by atoms with Crippen LogP contribution >= 0.6 is 0 Å². The minimum absolute atomic E-state index is 0.000745. The summed E-state index contributed by atoms with van der Waals surface area (Å²) < 4.78 is 48.0. The summed E-state index contributed by atoms with van der Waals surface area (Å²) in [5, 5.41) is 0. The summed E-state index contributed by atoms with van der Waals surface area (Å²) in [6.07, 6.45) is 9.53. The molecule has 11 atom stereocenters. The number of carbonyl (C=O) groups is 2. The number of hydrogen-bond donors (Lipinski definition) is 0. The first-order valence-electron chi connectivity index (χ1n) is 27.5. The molecule has 1 aromatic carbocycles. The number of benzene rings is 1. The number of allylic oxidation sites excluding steroid dienone is 5. The molecule has 2 unspecified atom stereocenters. The maximum Gasteiger partial charge on any atom is 0.373 e. The third-order valence-electron chi connectivity index (χ3n) is 16.7. The van der Waals surface area contributed by atoms with Crippen LogP contribution in [-0.4, -0.2) is 87.7 Å². The highest BCUT2D eigenvalue weighted by Crippen LogP contribution is 2.41. The number of ether oxygens (including phenoxy) is 4. The Bertz CT molecular complexity index is 1800. The van der Waals surface area contributed by atoms with Crippen molar-refractivity contribution >= 4 is 36.9 Å². The van der Waals surface area contributed by atoms with E-state index in [1.165, 1.54) is 12.7 Å². The molecule has 1 aromatic rings. The molecular formula is C58H102O9Si3. The summed E-state index contributed by atoms with van der Waals surface area (Å²) in [7, 11) is -3.36. The van der Waals surface area contributed by atoms with E-state index in [9.17, 15) is 9.59 Å². The van der Waals surface area contributed by atoms with Gasteiger partial charge >= 0.3 is 11.9 Å². The highest BCUT2D eigenvalue weighted by molar-refractivity contribution is 6.75. The van der Waals surface area contributed by atoms with E-state index in [4.69, 9.17) is 32.2 Å². The van der Waals surface area contributed by atoms with Gasteiger partial charge in [0, 0.05) is 24.9 Å². The molecule has 0 aliphatic carbocycles. The Kier molecular flexibility index (Phi) is 27.7. The quantitative estimate of drug-likeness (QED) is 0.0740. The van der Waals surface area contributed by atoms with Crippen LogP contribution in [-0.2, 0) is 37.0 Å². The molecule has 70 heavy (non-hydrogen) atoms. The normalized spacial score (nSPS) is 27.2. The highest BCUT2D eigenvalue weighted by Gasteiger charge is 2.47. The number of hydrogen-bond acceptors (Lipinski definition) is 9.